The number of nitrogen functional groups attached to an aromatic ring is 1. The summed E-state index contributed by atoms with van der Waals surface area (Å²) in [7, 11) is 0. The van der Waals surface area contributed by atoms with Crippen molar-refractivity contribution in [2.24, 2.45) is 0 Å². The van der Waals surface area contributed by atoms with Crippen LogP contribution >= 0.6 is 0 Å². The number of benzene rings is 1. The average Bonchev–Trinajstić information content (AvgIpc) is 3.00. The van der Waals surface area contributed by atoms with Crippen LogP contribution in [0, 0.1) is 12.7 Å². The first kappa shape index (κ1) is 13.4. The van der Waals surface area contributed by atoms with Crippen LogP contribution in [-0.2, 0) is 0 Å². The number of rotatable bonds is 2. The topological polar surface area (TPSA) is 58.4 Å². The van der Waals surface area contributed by atoms with Gasteiger partial charge in [-0.1, -0.05) is 0 Å². The highest BCUT2D eigenvalue weighted by Crippen LogP contribution is 2.28. The van der Waals surface area contributed by atoms with Crippen LogP contribution < -0.4 is 11.1 Å². The number of nitrogens with one attached hydrogen (secondary N) is 1. The molecule has 2 aliphatic heterocycles. The van der Waals surface area contributed by atoms with Gasteiger partial charge in [-0.3, -0.25) is 9.69 Å². The summed E-state index contributed by atoms with van der Waals surface area (Å²) in [6.45, 7) is 3.78. The van der Waals surface area contributed by atoms with E-state index in [-0.39, 0.29) is 11.9 Å². The molecule has 20 heavy (non-hydrogen) atoms. The van der Waals surface area contributed by atoms with E-state index in [1.807, 2.05) is 0 Å². The fourth-order valence-electron chi connectivity index (χ4n) is 3.33. The van der Waals surface area contributed by atoms with Gasteiger partial charge in [0.05, 0.1) is 0 Å². The summed E-state index contributed by atoms with van der Waals surface area (Å²) in [6.07, 6.45) is 3.30. The Morgan fingerprint density at radius 3 is 2.95 bits per heavy atom. The molecule has 3 N–H and O–H groups in total. The van der Waals surface area contributed by atoms with Crippen molar-refractivity contribution in [3.63, 3.8) is 0 Å². The summed E-state index contributed by atoms with van der Waals surface area (Å²) >= 11 is 0. The molecule has 5 heteroatoms. The molecule has 1 aromatic rings. The number of hydrogen-bond donors (Lipinski definition) is 2. The normalized spacial score (nSPS) is 25.7. The Balaban J connectivity index is 1.73. The van der Waals surface area contributed by atoms with Gasteiger partial charge in [-0.2, -0.15) is 0 Å². The Hall–Kier alpha value is -1.62. The third kappa shape index (κ3) is 2.26. The molecule has 2 unspecified atom stereocenters. The number of carbonyl (C=O) groups excluding carboxylic acids is 1. The van der Waals surface area contributed by atoms with Gasteiger partial charge in [0.15, 0.2) is 0 Å². The largest absolute Gasteiger partial charge is 0.398 e. The first-order valence-corrected chi connectivity index (χ1v) is 7.17. The Kier molecular flexibility index (Phi) is 3.38. The summed E-state index contributed by atoms with van der Waals surface area (Å²) in [5.74, 6) is -0.654. The number of hydrogen-bond acceptors (Lipinski definition) is 3. The zero-order chi connectivity index (χ0) is 14.3. The van der Waals surface area contributed by atoms with E-state index in [4.69, 9.17) is 5.73 Å². The zero-order valence-electron chi connectivity index (χ0n) is 11.7. The molecule has 0 radical (unpaired) electrons. The van der Waals surface area contributed by atoms with E-state index >= 15 is 0 Å². The van der Waals surface area contributed by atoms with Gasteiger partial charge in [0.2, 0.25) is 0 Å². The first-order chi connectivity index (χ1) is 9.56. The van der Waals surface area contributed by atoms with Crippen molar-refractivity contribution >= 4 is 11.6 Å². The van der Waals surface area contributed by atoms with Crippen LogP contribution in [0.4, 0.5) is 10.1 Å². The van der Waals surface area contributed by atoms with Crippen molar-refractivity contribution in [1.29, 1.82) is 0 Å². The van der Waals surface area contributed by atoms with Gasteiger partial charge in [-0.15, -0.1) is 0 Å². The molecule has 2 heterocycles. The zero-order valence-corrected chi connectivity index (χ0v) is 11.7. The number of amides is 1. The quantitative estimate of drug-likeness (QED) is 0.809. The molecule has 0 aromatic heterocycles. The lowest BCUT2D eigenvalue weighted by Crippen LogP contribution is -2.42. The third-order valence-corrected chi connectivity index (χ3v) is 4.57. The number of anilines is 1. The number of nitrogens with zero attached hydrogens (tertiary/aromatic N) is 1. The summed E-state index contributed by atoms with van der Waals surface area (Å²) in [6, 6.07) is 3.44. The third-order valence-electron chi connectivity index (χ3n) is 4.57. The van der Waals surface area contributed by atoms with Gasteiger partial charge in [0.25, 0.3) is 5.91 Å². The lowest BCUT2D eigenvalue weighted by atomic mass is 10.0. The second kappa shape index (κ2) is 5.05. The number of nitrogens with two attached hydrogens (primary N) is 1. The summed E-state index contributed by atoms with van der Waals surface area (Å²) in [4.78, 5) is 14.7. The van der Waals surface area contributed by atoms with E-state index in [1.54, 1.807) is 13.0 Å². The molecule has 3 rings (SSSR count). The lowest BCUT2D eigenvalue weighted by molar-refractivity contribution is 0.0929. The summed E-state index contributed by atoms with van der Waals surface area (Å²) in [5, 5.41) is 3.04. The van der Waals surface area contributed by atoms with Gasteiger partial charge in [-0.25, -0.2) is 4.39 Å². The monoisotopic (exact) mass is 277 g/mol. The van der Waals surface area contributed by atoms with Crippen molar-refractivity contribution < 1.29 is 9.18 Å². The molecular weight excluding hydrogens is 257 g/mol. The van der Waals surface area contributed by atoms with E-state index in [9.17, 15) is 9.18 Å². The van der Waals surface area contributed by atoms with E-state index in [0.29, 0.717) is 22.9 Å². The second-order valence-corrected chi connectivity index (χ2v) is 5.79. The maximum Gasteiger partial charge on any atom is 0.251 e. The fourth-order valence-corrected chi connectivity index (χ4v) is 3.33. The van der Waals surface area contributed by atoms with Crippen LogP contribution in [0.2, 0.25) is 0 Å². The van der Waals surface area contributed by atoms with Crippen molar-refractivity contribution in [2.75, 3.05) is 18.8 Å². The molecule has 4 nitrogen and oxygen atoms in total. The molecule has 2 saturated heterocycles. The van der Waals surface area contributed by atoms with Gasteiger partial charge < -0.3 is 11.1 Å². The van der Waals surface area contributed by atoms with Gasteiger partial charge in [0, 0.05) is 35.4 Å². The predicted octanol–water partition coefficient (Wildman–Crippen LogP) is 1.68. The van der Waals surface area contributed by atoms with Crippen LogP contribution in [0.25, 0.3) is 0 Å². The Bertz CT molecular complexity index is 523. The predicted molar refractivity (Wildman–Crippen MR) is 76.0 cm³/mol. The molecule has 2 atom stereocenters. The standard InChI is InChI=1S/C15H20FN3O/c1-9-11(16)7-10(8-12(9)17)15(20)18-13-4-6-19-5-2-3-14(13)19/h7-8,13-14H,2-6,17H2,1H3,(H,18,20). The van der Waals surface area contributed by atoms with Crippen molar-refractivity contribution in [1.82, 2.24) is 10.2 Å². The minimum absolute atomic E-state index is 0.176. The molecule has 0 bridgehead atoms. The lowest BCUT2D eigenvalue weighted by Gasteiger charge is -2.21. The SMILES string of the molecule is Cc1c(N)cc(C(=O)NC2CCN3CCCC23)cc1F. The van der Waals surface area contributed by atoms with Crippen LogP contribution in [0.1, 0.15) is 35.2 Å². The second-order valence-electron chi connectivity index (χ2n) is 5.79. The summed E-state index contributed by atoms with van der Waals surface area (Å²) < 4.78 is 13.7. The van der Waals surface area contributed by atoms with Crippen molar-refractivity contribution in [3.8, 4) is 0 Å². The molecule has 2 fully saturated rings. The van der Waals surface area contributed by atoms with Gasteiger partial charge >= 0.3 is 0 Å². The number of carbonyl (C=O) groups is 1. The van der Waals surface area contributed by atoms with Gasteiger partial charge in [0.1, 0.15) is 5.82 Å². The molecule has 0 spiro atoms. The molecule has 108 valence electrons. The highest BCUT2D eigenvalue weighted by molar-refractivity contribution is 5.95. The molecule has 0 saturated carbocycles. The Labute approximate surface area is 118 Å². The van der Waals surface area contributed by atoms with Crippen LogP contribution in [-0.4, -0.2) is 36.0 Å². The Morgan fingerprint density at radius 1 is 1.40 bits per heavy atom. The van der Waals surface area contributed by atoms with Crippen molar-refractivity contribution in [2.45, 2.75) is 38.3 Å². The van der Waals surface area contributed by atoms with E-state index < -0.39 is 5.82 Å². The van der Waals surface area contributed by atoms with Crippen LogP contribution in [0.3, 0.4) is 0 Å². The van der Waals surface area contributed by atoms with Crippen LogP contribution in [0.5, 0.6) is 0 Å². The van der Waals surface area contributed by atoms with Crippen molar-refractivity contribution in [3.05, 3.63) is 29.1 Å². The fraction of sp³-hybridized carbons (Fsp3) is 0.533. The molecule has 1 aromatic carbocycles. The highest BCUT2D eigenvalue weighted by atomic mass is 19.1. The number of halogens is 1. The first-order valence-electron chi connectivity index (χ1n) is 7.17. The minimum atomic E-state index is -0.427. The smallest absolute Gasteiger partial charge is 0.251 e. The highest BCUT2D eigenvalue weighted by Gasteiger charge is 2.37. The molecular formula is C15H20FN3O. The van der Waals surface area contributed by atoms with E-state index in [0.717, 1.165) is 25.9 Å². The molecule has 0 aliphatic carbocycles. The minimum Gasteiger partial charge on any atom is -0.398 e. The Morgan fingerprint density at radius 2 is 2.20 bits per heavy atom. The van der Waals surface area contributed by atoms with E-state index in [1.165, 1.54) is 12.5 Å². The average molecular weight is 277 g/mol. The molecule has 2 aliphatic rings. The maximum absolute atomic E-state index is 13.7. The molecule has 1 amide bonds. The maximum atomic E-state index is 13.7. The van der Waals surface area contributed by atoms with Crippen LogP contribution in [0.15, 0.2) is 12.1 Å². The summed E-state index contributed by atoms with van der Waals surface area (Å²) in [5.41, 5.74) is 6.75. The number of fused-ring (bicyclic) bond motifs is 1. The van der Waals surface area contributed by atoms with Gasteiger partial charge in [-0.05, 0) is 44.9 Å². The van der Waals surface area contributed by atoms with E-state index in [2.05, 4.69) is 10.2 Å².